The van der Waals surface area contributed by atoms with Crippen molar-refractivity contribution in [1.82, 2.24) is 10.3 Å². The molecule has 0 spiro atoms. The van der Waals surface area contributed by atoms with E-state index in [0.29, 0.717) is 23.2 Å². The topological polar surface area (TPSA) is 62.2 Å². The number of halogens is 2. The molecule has 0 atom stereocenters. The van der Waals surface area contributed by atoms with Crippen LogP contribution in [0.5, 0.6) is 0 Å². The summed E-state index contributed by atoms with van der Waals surface area (Å²) in [6.07, 6.45) is 0.535. The Morgan fingerprint density at radius 1 is 1.23 bits per heavy atom. The molecule has 2 aromatic carbocycles. The third-order valence-corrected chi connectivity index (χ3v) is 4.65. The number of rotatable bonds is 5. The maximum atomic E-state index is 13.6. The van der Waals surface area contributed by atoms with Gasteiger partial charge in [-0.3, -0.25) is 4.79 Å². The van der Waals surface area contributed by atoms with E-state index in [1.54, 1.807) is 6.07 Å². The van der Waals surface area contributed by atoms with Gasteiger partial charge in [-0.2, -0.15) is 0 Å². The van der Waals surface area contributed by atoms with Crippen LogP contribution in [0.15, 0.2) is 42.5 Å². The number of carbonyl (C=O) groups excluding carboxylic acids is 1. The van der Waals surface area contributed by atoms with Crippen LogP contribution >= 0.6 is 11.6 Å². The summed E-state index contributed by atoms with van der Waals surface area (Å²) in [7, 11) is 0. The number of aliphatic hydroxyl groups is 1. The summed E-state index contributed by atoms with van der Waals surface area (Å²) in [4.78, 5) is 17.2. The second-order valence-corrected chi connectivity index (χ2v) is 7.61. The lowest BCUT2D eigenvalue weighted by molar-refractivity contribution is -0.120. The van der Waals surface area contributed by atoms with Gasteiger partial charge in [-0.25, -0.2) is 9.37 Å². The van der Waals surface area contributed by atoms with E-state index in [0.717, 1.165) is 16.5 Å². The number of nitrogens with zero attached hydrogens (tertiary/aromatic N) is 1. The van der Waals surface area contributed by atoms with Crippen LogP contribution in [0.2, 0.25) is 5.02 Å². The quantitative estimate of drug-likeness (QED) is 0.593. The van der Waals surface area contributed by atoms with Crippen molar-refractivity contribution in [1.29, 1.82) is 0 Å². The number of hydrogen-bond donors (Lipinski definition) is 2. The molecule has 2 N–H and O–H groups in total. The Bertz CT molecular complexity index is 1150. The predicted molar refractivity (Wildman–Crippen MR) is 118 cm³/mol. The lowest BCUT2D eigenvalue weighted by Gasteiger charge is -2.13. The number of hydrogen-bond acceptors (Lipinski definition) is 3. The van der Waals surface area contributed by atoms with Gasteiger partial charge < -0.3 is 10.4 Å². The first-order valence-electron chi connectivity index (χ1n) is 9.65. The third kappa shape index (κ3) is 5.35. The second kappa shape index (κ2) is 9.71. The van der Waals surface area contributed by atoms with Gasteiger partial charge in [-0.1, -0.05) is 23.4 Å². The van der Waals surface area contributed by atoms with Crippen molar-refractivity contribution in [3.05, 3.63) is 64.4 Å². The van der Waals surface area contributed by atoms with Crippen molar-refractivity contribution < 1.29 is 14.3 Å². The van der Waals surface area contributed by atoms with E-state index < -0.39 is 5.82 Å². The summed E-state index contributed by atoms with van der Waals surface area (Å²) in [5, 5.41) is 12.6. The van der Waals surface area contributed by atoms with Crippen molar-refractivity contribution in [2.45, 2.75) is 32.7 Å². The van der Waals surface area contributed by atoms with Crippen LogP contribution in [-0.2, 0) is 11.2 Å². The Morgan fingerprint density at radius 3 is 2.73 bits per heavy atom. The van der Waals surface area contributed by atoms with Gasteiger partial charge in [0.25, 0.3) is 0 Å². The van der Waals surface area contributed by atoms with Crippen LogP contribution in [0, 0.1) is 17.7 Å². The molecule has 6 heteroatoms. The maximum Gasteiger partial charge on any atom is 0.224 e. The standard InChI is InChI=1S/C24H22ClFN2O2/c1-15(2)27-23(30)14-19-12-18-11-16(5-3-4-10-29)6-9-22(18)28-24(19)17-7-8-21(26)20(25)13-17/h6-9,11-13,15,29H,4,10,14H2,1-2H3,(H,27,30). The Labute approximate surface area is 180 Å². The number of aromatic nitrogens is 1. The average molecular weight is 425 g/mol. The van der Waals surface area contributed by atoms with Crippen molar-refractivity contribution >= 4 is 28.4 Å². The van der Waals surface area contributed by atoms with Crippen LogP contribution in [0.25, 0.3) is 22.2 Å². The molecule has 0 fully saturated rings. The van der Waals surface area contributed by atoms with Crippen LogP contribution in [0.4, 0.5) is 4.39 Å². The molecule has 4 nitrogen and oxygen atoms in total. The normalized spacial score (nSPS) is 10.7. The molecule has 1 heterocycles. The molecule has 0 radical (unpaired) electrons. The minimum Gasteiger partial charge on any atom is -0.395 e. The average Bonchev–Trinajstić information content (AvgIpc) is 2.69. The van der Waals surface area contributed by atoms with Crippen LogP contribution in [0.3, 0.4) is 0 Å². The third-order valence-electron chi connectivity index (χ3n) is 4.36. The van der Waals surface area contributed by atoms with E-state index >= 15 is 0 Å². The lowest BCUT2D eigenvalue weighted by atomic mass is 9.99. The first kappa shape index (κ1) is 21.8. The zero-order valence-electron chi connectivity index (χ0n) is 16.8. The minimum absolute atomic E-state index is 0.00137. The SMILES string of the molecule is CC(C)NC(=O)Cc1cc2cc(C#CCCO)ccc2nc1-c1ccc(F)c(Cl)c1. The summed E-state index contributed by atoms with van der Waals surface area (Å²) in [6, 6.07) is 11.9. The molecule has 3 rings (SSSR count). The molecule has 0 aliphatic carbocycles. The number of nitrogens with one attached hydrogen (secondary N) is 1. The van der Waals surface area contributed by atoms with Crippen LogP contribution < -0.4 is 5.32 Å². The Hall–Kier alpha value is -2.94. The van der Waals surface area contributed by atoms with Crippen molar-refractivity contribution in [2.75, 3.05) is 6.61 Å². The molecule has 1 aromatic heterocycles. The Morgan fingerprint density at radius 2 is 2.03 bits per heavy atom. The van der Waals surface area contributed by atoms with Crippen LogP contribution in [-0.4, -0.2) is 28.6 Å². The van der Waals surface area contributed by atoms with Crippen molar-refractivity contribution in [3.63, 3.8) is 0 Å². The van der Waals surface area contributed by atoms with Gasteiger partial charge in [0.15, 0.2) is 0 Å². The van der Waals surface area contributed by atoms with Crippen molar-refractivity contribution in [2.24, 2.45) is 0 Å². The number of pyridine rings is 1. The van der Waals surface area contributed by atoms with Gasteiger partial charge in [0.05, 0.1) is 29.3 Å². The van der Waals surface area contributed by atoms with Gasteiger partial charge in [0, 0.05) is 29.0 Å². The van der Waals surface area contributed by atoms with Crippen molar-refractivity contribution in [3.8, 4) is 23.1 Å². The summed E-state index contributed by atoms with van der Waals surface area (Å²) >= 11 is 5.98. The van der Waals surface area contributed by atoms with Gasteiger partial charge in [0.1, 0.15) is 5.82 Å². The highest BCUT2D eigenvalue weighted by Gasteiger charge is 2.15. The highest BCUT2D eigenvalue weighted by Crippen LogP contribution is 2.29. The van der Waals surface area contributed by atoms with E-state index in [1.165, 1.54) is 12.1 Å². The molecule has 0 unspecified atom stereocenters. The molecule has 3 aromatic rings. The molecular formula is C24H22ClFN2O2. The highest BCUT2D eigenvalue weighted by atomic mass is 35.5. The zero-order valence-corrected chi connectivity index (χ0v) is 17.6. The smallest absolute Gasteiger partial charge is 0.224 e. The highest BCUT2D eigenvalue weighted by molar-refractivity contribution is 6.31. The van der Waals surface area contributed by atoms with Gasteiger partial charge in [-0.05, 0) is 61.9 Å². The first-order chi connectivity index (χ1) is 14.4. The molecule has 30 heavy (non-hydrogen) atoms. The van der Waals surface area contributed by atoms with E-state index in [-0.39, 0.29) is 30.0 Å². The van der Waals surface area contributed by atoms with E-state index in [9.17, 15) is 9.18 Å². The first-order valence-corrected chi connectivity index (χ1v) is 10.0. The zero-order chi connectivity index (χ0) is 21.7. The largest absolute Gasteiger partial charge is 0.395 e. The molecule has 0 saturated carbocycles. The van der Waals surface area contributed by atoms with E-state index in [2.05, 4.69) is 17.2 Å². The maximum absolute atomic E-state index is 13.6. The summed E-state index contributed by atoms with van der Waals surface area (Å²) < 4.78 is 13.6. The number of aliphatic hydroxyl groups excluding tert-OH is 1. The predicted octanol–water partition coefficient (Wildman–Crippen LogP) is 4.50. The fourth-order valence-corrected chi connectivity index (χ4v) is 3.27. The summed E-state index contributed by atoms with van der Waals surface area (Å²) in [6.45, 7) is 3.81. The van der Waals surface area contributed by atoms with E-state index in [1.807, 2.05) is 38.1 Å². The fourth-order valence-electron chi connectivity index (χ4n) is 3.09. The molecule has 1 amide bonds. The minimum atomic E-state index is -0.508. The molecule has 154 valence electrons. The second-order valence-electron chi connectivity index (χ2n) is 7.21. The molecule has 0 aliphatic rings. The van der Waals surface area contributed by atoms with E-state index in [4.69, 9.17) is 21.7 Å². The monoisotopic (exact) mass is 424 g/mol. The van der Waals surface area contributed by atoms with Gasteiger partial charge in [0.2, 0.25) is 5.91 Å². The molecule has 0 aliphatic heterocycles. The summed E-state index contributed by atoms with van der Waals surface area (Å²) in [5.74, 6) is 5.27. The summed E-state index contributed by atoms with van der Waals surface area (Å²) in [5.41, 5.74) is 3.47. The Kier molecular flexibility index (Phi) is 7.04. The molecule has 0 saturated heterocycles. The lowest BCUT2D eigenvalue weighted by Crippen LogP contribution is -2.31. The number of benzene rings is 2. The van der Waals surface area contributed by atoms with Crippen LogP contribution in [0.1, 0.15) is 31.4 Å². The molecule has 0 bridgehead atoms. The number of amides is 1. The number of carbonyl (C=O) groups is 1. The van der Waals surface area contributed by atoms with Gasteiger partial charge in [-0.15, -0.1) is 0 Å². The Balaban J connectivity index is 2.11. The molecular weight excluding hydrogens is 403 g/mol. The number of fused-ring (bicyclic) bond motifs is 1. The van der Waals surface area contributed by atoms with Gasteiger partial charge >= 0.3 is 0 Å². The fraction of sp³-hybridized carbons (Fsp3) is 0.250.